The number of nitrogen functional groups attached to an aromatic ring is 1. The van der Waals surface area contributed by atoms with Crippen LogP contribution < -0.4 is 5.73 Å². The monoisotopic (exact) mass is 630 g/mol. The predicted octanol–water partition coefficient (Wildman–Crippen LogP) is 6.17. The molecular formula is C16H15Br4ClN4O. The van der Waals surface area contributed by atoms with E-state index in [2.05, 4.69) is 73.7 Å². The summed E-state index contributed by atoms with van der Waals surface area (Å²) in [5.74, 6) is 0.671. The molecule has 10 heteroatoms. The van der Waals surface area contributed by atoms with E-state index in [0.29, 0.717) is 5.82 Å². The number of carbonyl (C=O) groups excluding carboxylic acids is 1. The zero-order valence-electron chi connectivity index (χ0n) is 13.8. The molecule has 0 unspecified atom stereocenters. The molecule has 3 aromatic rings. The van der Waals surface area contributed by atoms with Crippen LogP contribution in [0.3, 0.4) is 0 Å². The lowest BCUT2D eigenvalue weighted by atomic mass is 10.5. The van der Waals surface area contributed by atoms with Gasteiger partial charge in [0, 0.05) is 27.5 Å². The number of nitrogens with two attached hydrogens (primary N) is 1. The minimum Gasteiger partial charge on any atom is -0.383 e. The second kappa shape index (κ2) is 11.4. The van der Waals surface area contributed by atoms with Gasteiger partial charge in [0.15, 0.2) is 5.65 Å². The van der Waals surface area contributed by atoms with Crippen molar-refractivity contribution in [3.8, 4) is 0 Å². The number of imidazole rings is 1. The molecule has 3 rings (SSSR count). The van der Waals surface area contributed by atoms with Crippen molar-refractivity contribution in [1.29, 1.82) is 0 Å². The van der Waals surface area contributed by atoms with Gasteiger partial charge >= 0.3 is 0 Å². The van der Waals surface area contributed by atoms with Crippen molar-refractivity contribution in [1.82, 2.24) is 14.4 Å². The molecule has 5 nitrogen and oxygen atoms in total. The van der Waals surface area contributed by atoms with E-state index < -0.39 is 0 Å². The molecule has 0 aliphatic carbocycles. The van der Waals surface area contributed by atoms with Crippen LogP contribution in [0, 0.1) is 6.92 Å². The van der Waals surface area contributed by atoms with E-state index in [0.717, 1.165) is 29.2 Å². The van der Waals surface area contributed by atoms with E-state index in [9.17, 15) is 4.79 Å². The number of ketones is 1. The van der Waals surface area contributed by atoms with Crippen LogP contribution in [-0.4, -0.2) is 26.0 Å². The van der Waals surface area contributed by atoms with E-state index in [1.165, 1.54) is 6.92 Å². The second-order valence-corrected chi connectivity index (χ2v) is 8.78. The molecule has 0 amide bonds. The lowest BCUT2D eigenvalue weighted by molar-refractivity contribution is -0.114. The van der Waals surface area contributed by atoms with E-state index >= 15 is 0 Å². The fourth-order valence-electron chi connectivity index (χ4n) is 1.57. The van der Waals surface area contributed by atoms with Gasteiger partial charge in [-0.05, 0) is 89.7 Å². The standard InChI is InChI=1S/C8H6Br2N2.C5H4Br2N2.C3H5ClO/c1-5-3-12-4-6(9)2-7(10)8(12)11-5;6-3-1-4(7)5(8)9-2-3;1-3(5)2-4/h2-4H,1H3;1-2H,(H2,8,9);2H2,1H3. The highest BCUT2D eigenvalue weighted by Crippen LogP contribution is 2.22. The van der Waals surface area contributed by atoms with Gasteiger partial charge in [-0.2, -0.15) is 0 Å². The van der Waals surface area contributed by atoms with Crippen LogP contribution in [0.25, 0.3) is 5.65 Å². The number of hydrogen-bond acceptors (Lipinski definition) is 4. The first-order valence-electron chi connectivity index (χ1n) is 7.06. The molecule has 0 aromatic carbocycles. The van der Waals surface area contributed by atoms with Crippen LogP contribution in [-0.2, 0) is 4.79 Å². The SMILES string of the molecule is CC(=O)CCl.Cc1cn2cc(Br)cc(Br)c2n1.Nc1ncc(Br)cc1Br. The van der Waals surface area contributed by atoms with Crippen molar-refractivity contribution in [2.45, 2.75) is 13.8 Å². The molecule has 0 saturated carbocycles. The van der Waals surface area contributed by atoms with Crippen LogP contribution in [0.2, 0.25) is 0 Å². The number of rotatable bonds is 1. The molecule has 140 valence electrons. The minimum atomic E-state index is 0.0201. The third-order valence-corrected chi connectivity index (χ3v) is 5.08. The summed E-state index contributed by atoms with van der Waals surface area (Å²) in [7, 11) is 0. The lowest BCUT2D eigenvalue weighted by Crippen LogP contribution is -1.89. The van der Waals surface area contributed by atoms with E-state index in [1.54, 1.807) is 6.20 Å². The highest BCUT2D eigenvalue weighted by atomic mass is 79.9. The average molecular weight is 634 g/mol. The number of alkyl halides is 1. The smallest absolute Gasteiger partial charge is 0.151 e. The number of fused-ring (bicyclic) bond motifs is 1. The van der Waals surface area contributed by atoms with Gasteiger partial charge < -0.3 is 10.1 Å². The Morgan fingerprint density at radius 3 is 2.23 bits per heavy atom. The van der Waals surface area contributed by atoms with Gasteiger partial charge in [-0.15, -0.1) is 11.6 Å². The molecule has 0 atom stereocenters. The predicted molar refractivity (Wildman–Crippen MR) is 121 cm³/mol. The Balaban J connectivity index is 0.000000214. The van der Waals surface area contributed by atoms with Gasteiger partial charge in [-0.25, -0.2) is 9.97 Å². The number of carbonyl (C=O) groups is 1. The van der Waals surface area contributed by atoms with Crippen LogP contribution in [0.5, 0.6) is 0 Å². The zero-order chi connectivity index (χ0) is 19.9. The van der Waals surface area contributed by atoms with Crippen LogP contribution >= 0.6 is 75.3 Å². The molecule has 3 heterocycles. The second-order valence-electron chi connectivity index (χ2n) is 4.98. The zero-order valence-corrected chi connectivity index (χ0v) is 20.9. The molecule has 0 fully saturated rings. The Labute approximate surface area is 190 Å². The summed E-state index contributed by atoms with van der Waals surface area (Å²) in [6, 6.07) is 3.84. The molecule has 0 saturated heterocycles. The van der Waals surface area contributed by atoms with Crippen molar-refractivity contribution in [2.75, 3.05) is 11.6 Å². The van der Waals surface area contributed by atoms with E-state index in [1.807, 2.05) is 35.9 Å². The van der Waals surface area contributed by atoms with Gasteiger partial charge in [-0.1, -0.05) is 0 Å². The Hall–Kier alpha value is -0.480. The number of anilines is 1. The molecule has 26 heavy (non-hydrogen) atoms. The summed E-state index contributed by atoms with van der Waals surface area (Å²) >= 11 is 18.3. The number of pyridine rings is 2. The molecular weight excluding hydrogens is 619 g/mol. The van der Waals surface area contributed by atoms with Crippen LogP contribution in [0.4, 0.5) is 5.82 Å². The number of hydrogen-bond donors (Lipinski definition) is 1. The Morgan fingerprint density at radius 1 is 1.15 bits per heavy atom. The van der Waals surface area contributed by atoms with Crippen molar-refractivity contribution in [2.24, 2.45) is 0 Å². The van der Waals surface area contributed by atoms with Crippen molar-refractivity contribution < 1.29 is 4.79 Å². The summed E-state index contributed by atoms with van der Waals surface area (Å²) in [6.07, 6.45) is 5.63. The maximum atomic E-state index is 9.68. The quantitative estimate of drug-likeness (QED) is 0.325. The maximum absolute atomic E-state index is 9.68. The summed E-state index contributed by atoms with van der Waals surface area (Å²) < 4.78 is 5.77. The third-order valence-electron chi connectivity index (χ3n) is 2.62. The van der Waals surface area contributed by atoms with Crippen molar-refractivity contribution >= 4 is 92.6 Å². The Kier molecular flexibility index (Phi) is 10.3. The summed E-state index contributed by atoms with van der Waals surface area (Å²) in [5.41, 5.74) is 7.39. The van der Waals surface area contributed by atoms with Gasteiger partial charge in [0.05, 0.1) is 20.5 Å². The van der Waals surface area contributed by atoms with E-state index in [-0.39, 0.29) is 11.7 Å². The number of Topliss-reactive ketones (excluding diaryl/α,β-unsaturated/α-hetero) is 1. The minimum absolute atomic E-state index is 0.0201. The van der Waals surface area contributed by atoms with Crippen molar-refractivity contribution in [3.63, 3.8) is 0 Å². The van der Waals surface area contributed by atoms with Crippen LogP contribution in [0.15, 0.2) is 48.6 Å². The van der Waals surface area contributed by atoms with E-state index in [4.69, 9.17) is 17.3 Å². The fraction of sp³-hybridized carbons (Fsp3) is 0.188. The molecule has 0 radical (unpaired) electrons. The first-order valence-corrected chi connectivity index (χ1v) is 10.8. The average Bonchev–Trinajstić information content (AvgIpc) is 2.93. The topological polar surface area (TPSA) is 73.3 Å². The number of aromatic nitrogens is 3. The molecule has 0 spiro atoms. The molecule has 3 aromatic heterocycles. The lowest BCUT2D eigenvalue weighted by Gasteiger charge is -1.96. The first-order chi connectivity index (χ1) is 12.1. The van der Waals surface area contributed by atoms with Crippen molar-refractivity contribution in [3.05, 3.63) is 54.3 Å². The summed E-state index contributed by atoms with van der Waals surface area (Å²) in [6.45, 7) is 3.43. The van der Waals surface area contributed by atoms with Crippen LogP contribution in [0.1, 0.15) is 12.6 Å². The van der Waals surface area contributed by atoms with Gasteiger partial charge in [0.25, 0.3) is 0 Å². The number of aryl methyl sites for hydroxylation is 1. The molecule has 0 aliphatic rings. The first kappa shape index (κ1) is 23.6. The maximum Gasteiger partial charge on any atom is 0.151 e. The molecule has 0 aliphatic heterocycles. The molecule has 2 N–H and O–H groups in total. The summed E-state index contributed by atoms with van der Waals surface area (Å²) in [4.78, 5) is 17.9. The number of halogens is 5. The fourth-order valence-corrected chi connectivity index (χ4v) is 3.86. The third kappa shape index (κ3) is 8.04. The summed E-state index contributed by atoms with van der Waals surface area (Å²) in [5, 5.41) is 0. The highest BCUT2D eigenvalue weighted by Gasteiger charge is 2.02. The normalized spacial score (nSPS) is 9.81. The van der Waals surface area contributed by atoms with Gasteiger partial charge in [0.2, 0.25) is 0 Å². The van der Waals surface area contributed by atoms with Gasteiger partial charge in [0.1, 0.15) is 11.6 Å². The largest absolute Gasteiger partial charge is 0.383 e. The molecule has 0 bridgehead atoms. The van der Waals surface area contributed by atoms with Gasteiger partial charge in [-0.3, -0.25) is 4.79 Å². The highest BCUT2D eigenvalue weighted by molar-refractivity contribution is 9.11. The Morgan fingerprint density at radius 2 is 1.73 bits per heavy atom. The Bertz CT molecular complexity index is 901. The number of nitrogens with zero attached hydrogens (tertiary/aromatic N) is 3.